The molecule has 0 saturated carbocycles. The molecule has 0 spiro atoms. The van der Waals surface area contributed by atoms with E-state index in [2.05, 4.69) is 0 Å². The van der Waals surface area contributed by atoms with Gasteiger partial charge in [-0.15, -0.1) is 0 Å². The van der Waals surface area contributed by atoms with Crippen LogP contribution in [0.3, 0.4) is 0 Å². The van der Waals surface area contributed by atoms with Crippen molar-refractivity contribution in [2.24, 2.45) is 0 Å². The summed E-state index contributed by atoms with van der Waals surface area (Å²) >= 11 is 12.3. The van der Waals surface area contributed by atoms with Gasteiger partial charge in [-0.05, 0) is 59.4 Å². The average molecular weight is 511 g/mol. The van der Waals surface area contributed by atoms with E-state index in [4.69, 9.17) is 37.7 Å². The maximum Gasteiger partial charge on any atom is 0.329 e. The molecule has 0 atom stereocenters. The molecule has 3 rings (SSSR count). The van der Waals surface area contributed by atoms with Gasteiger partial charge in [0.25, 0.3) is 10.0 Å². The number of sulfonamides is 1. The number of ether oxygens (including phenoxy) is 1. The first kappa shape index (κ1) is 24.4. The molecular weight excluding hydrogens is 490 g/mol. The Morgan fingerprint density at radius 3 is 2.10 bits per heavy atom. The molecule has 0 radical (unpaired) electrons. The molecule has 2 aromatic rings. The zero-order valence-corrected chi connectivity index (χ0v) is 19.4. The number of hydrogen-bond acceptors (Lipinski definition) is 6. The minimum atomic E-state index is -4.29. The summed E-state index contributed by atoms with van der Waals surface area (Å²) in [5.74, 6) is 0.290. The number of rotatable bonds is 7. The summed E-state index contributed by atoms with van der Waals surface area (Å²) in [6.45, 7) is 0.901. The van der Waals surface area contributed by atoms with Gasteiger partial charge in [-0.2, -0.15) is 0 Å². The lowest BCUT2D eigenvalue weighted by molar-refractivity contribution is -0.173. The summed E-state index contributed by atoms with van der Waals surface area (Å²) in [6, 6.07) is 8.00. The molecule has 1 fully saturated rings. The molecule has 1 aliphatic rings. The number of nitrogens with zero attached hydrogens (tertiary/aromatic N) is 2. The van der Waals surface area contributed by atoms with Crippen molar-refractivity contribution in [3.05, 3.63) is 52.0 Å². The summed E-state index contributed by atoms with van der Waals surface area (Å²) in [6.07, 6.45) is 2.07. The number of halogens is 2. The molecule has 0 amide bonds. The largest absolute Gasteiger partial charge is 0.454 e. The lowest BCUT2D eigenvalue weighted by Gasteiger charge is -2.31. The van der Waals surface area contributed by atoms with Gasteiger partial charge in [0.2, 0.25) is 0 Å². The van der Waals surface area contributed by atoms with Gasteiger partial charge >= 0.3 is 7.60 Å². The van der Waals surface area contributed by atoms with Crippen LogP contribution in [0, 0.1) is 0 Å². The van der Waals surface area contributed by atoms with Crippen LogP contribution in [0.25, 0.3) is 0 Å². The Hall–Kier alpha value is -1.20. The standard InChI is InChI=1S/C18H21Cl2N2O7PS/c19-16-10-13(12-30(24,25)26)11-17(20)18(16)29-14-4-6-15(7-5-14)31(27,28)22(23)21-8-2-1-3-9-21/h4-7,10-11,23H,1-3,8-9,12H2,(H2,24,25,26). The van der Waals surface area contributed by atoms with E-state index in [0.29, 0.717) is 13.1 Å². The SMILES string of the molecule is O=P(O)(O)Cc1cc(Cl)c(Oc2ccc(S(=O)(=O)N(O)N3CCCCC3)cc2)c(Cl)c1. The highest BCUT2D eigenvalue weighted by Gasteiger charge is 2.29. The first-order chi connectivity index (χ1) is 14.5. The van der Waals surface area contributed by atoms with E-state index in [9.17, 15) is 18.2 Å². The van der Waals surface area contributed by atoms with Gasteiger partial charge in [-0.25, -0.2) is 13.4 Å². The minimum Gasteiger partial charge on any atom is -0.454 e. The normalized spacial score (nSPS) is 15.9. The first-order valence-electron chi connectivity index (χ1n) is 9.27. The van der Waals surface area contributed by atoms with E-state index in [1.165, 1.54) is 41.4 Å². The van der Waals surface area contributed by atoms with E-state index in [1.54, 1.807) is 0 Å². The second-order valence-electron chi connectivity index (χ2n) is 7.03. The fraction of sp³-hybridized carbons (Fsp3) is 0.333. The molecule has 170 valence electrons. The summed E-state index contributed by atoms with van der Waals surface area (Å²) in [5, 5.41) is 11.6. The van der Waals surface area contributed by atoms with Crippen LogP contribution >= 0.6 is 30.8 Å². The monoisotopic (exact) mass is 510 g/mol. The minimum absolute atomic E-state index is 0.0410. The van der Waals surface area contributed by atoms with E-state index in [-0.39, 0.29) is 36.6 Å². The van der Waals surface area contributed by atoms with Gasteiger partial charge in [0.15, 0.2) is 5.75 Å². The lowest BCUT2D eigenvalue weighted by atomic mass is 10.2. The summed E-state index contributed by atoms with van der Waals surface area (Å²) in [5.41, 5.74) is 0.248. The highest BCUT2D eigenvalue weighted by molar-refractivity contribution is 7.88. The van der Waals surface area contributed by atoms with Crippen LogP contribution < -0.4 is 4.74 Å². The molecule has 9 nitrogen and oxygen atoms in total. The fourth-order valence-corrected chi connectivity index (χ4v) is 5.53. The Kier molecular flexibility index (Phi) is 7.68. The van der Waals surface area contributed by atoms with Crippen LogP contribution in [0.2, 0.25) is 10.0 Å². The molecule has 3 N–H and O–H groups in total. The van der Waals surface area contributed by atoms with Crippen molar-refractivity contribution >= 4 is 40.8 Å². The van der Waals surface area contributed by atoms with E-state index < -0.39 is 23.8 Å². The topological polar surface area (TPSA) is 128 Å². The molecule has 0 aliphatic carbocycles. The molecule has 1 saturated heterocycles. The van der Waals surface area contributed by atoms with Crippen molar-refractivity contribution in [2.75, 3.05) is 13.1 Å². The molecule has 1 aliphatic heterocycles. The van der Waals surface area contributed by atoms with Crippen molar-refractivity contribution in [1.82, 2.24) is 9.59 Å². The first-order valence-corrected chi connectivity index (χ1v) is 13.3. The number of piperidine rings is 1. The van der Waals surface area contributed by atoms with Crippen LogP contribution in [0.1, 0.15) is 24.8 Å². The third kappa shape index (κ3) is 6.19. The van der Waals surface area contributed by atoms with E-state index in [1.807, 2.05) is 0 Å². The predicted molar refractivity (Wildman–Crippen MR) is 115 cm³/mol. The zero-order chi connectivity index (χ0) is 22.8. The Morgan fingerprint density at radius 2 is 1.58 bits per heavy atom. The molecular formula is C18H21Cl2N2O7PS. The number of hydrazine groups is 1. The smallest absolute Gasteiger partial charge is 0.329 e. The van der Waals surface area contributed by atoms with Crippen LogP contribution in [-0.4, -0.2) is 46.1 Å². The van der Waals surface area contributed by atoms with Crippen LogP contribution in [0.15, 0.2) is 41.3 Å². The van der Waals surface area contributed by atoms with Gasteiger partial charge in [-0.3, -0.25) is 9.77 Å². The summed E-state index contributed by atoms with van der Waals surface area (Å²) in [4.78, 5) is 18.1. The Morgan fingerprint density at radius 1 is 1.03 bits per heavy atom. The Bertz CT molecular complexity index is 1060. The number of benzene rings is 2. The van der Waals surface area contributed by atoms with Gasteiger partial charge in [0.05, 0.1) is 21.1 Å². The quantitative estimate of drug-likeness (QED) is 0.372. The molecule has 0 aromatic heterocycles. The third-order valence-electron chi connectivity index (χ3n) is 4.58. The maximum absolute atomic E-state index is 12.6. The highest BCUT2D eigenvalue weighted by atomic mass is 35.5. The molecule has 31 heavy (non-hydrogen) atoms. The highest BCUT2D eigenvalue weighted by Crippen LogP contribution is 2.43. The van der Waals surface area contributed by atoms with Crippen molar-refractivity contribution in [1.29, 1.82) is 0 Å². The third-order valence-corrected chi connectivity index (χ3v) is 7.44. The van der Waals surface area contributed by atoms with Crippen molar-refractivity contribution in [3.63, 3.8) is 0 Å². The molecule has 0 bridgehead atoms. The molecule has 2 aromatic carbocycles. The van der Waals surface area contributed by atoms with Crippen molar-refractivity contribution in [2.45, 2.75) is 30.3 Å². The molecule has 0 unspecified atom stereocenters. The Labute approximate surface area is 189 Å². The van der Waals surface area contributed by atoms with E-state index >= 15 is 0 Å². The maximum atomic E-state index is 12.6. The van der Waals surface area contributed by atoms with Gasteiger partial charge in [0.1, 0.15) is 5.75 Å². The van der Waals surface area contributed by atoms with Gasteiger partial charge in [0, 0.05) is 13.1 Å². The summed E-state index contributed by atoms with van der Waals surface area (Å²) in [7, 11) is -8.43. The molecule has 13 heteroatoms. The second-order valence-corrected chi connectivity index (χ2v) is 11.2. The zero-order valence-electron chi connectivity index (χ0n) is 16.2. The van der Waals surface area contributed by atoms with Gasteiger partial charge < -0.3 is 14.5 Å². The van der Waals surface area contributed by atoms with Crippen molar-refractivity contribution < 1.29 is 32.7 Å². The van der Waals surface area contributed by atoms with E-state index in [0.717, 1.165) is 19.3 Å². The molecule has 1 heterocycles. The average Bonchev–Trinajstić information content (AvgIpc) is 2.70. The fourth-order valence-electron chi connectivity index (χ4n) is 3.13. The van der Waals surface area contributed by atoms with Crippen LogP contribution in [-0.2, 0) is 20.8 Å². The van der Waals surface area contributed by atoms with Gasteiger partial charge in [-0.1, -0.05) is 29.6 Å². The number of hydrogen-bond donors (Lipinski definition) is 3. The van der Waals surface area contributed by atoms with Crippen LogP contribution in [0.4, 0.5) is 0 Å². The Balaban J connectivity index is 1.77. The lowest BCUT2D eigenvalue weighted by Crippen LogP contribution is -2.46. The second kappa shape index (κ2) is 9.74. The van der Waals surface area contributed by atoms with Crippen LogP contribution in [0.5, 0.6) is 11.5 Å². The van der Waals surface area contributed by atoms with Crippen molar-refractivity contribution in [3.8, 4) is 11.5 Å². The summed E-state index contributed by atoms with van der Waals surface area (Å²) < 4.78 is 42.4. The predicted octanol–water partition coefficient (Wildman–Crippen LogP) is 4.24.